The van der Waals surface area contributed by atoms with Gasteiger partial charge in [-0.3, -0.25) is 15.2 Å². The quantitative estimate of drug-likeness (QED) is 0.636. The van der Waals surface area contributed by atoms with Crippen LogP contribution in [0, 0.1) is 0 Å². The average Bonchev–Trinajstić information content (AvgIpc) is 2.63. The summed E-state index contributed by atoms with van der Waals surface area (Å²) in [5, 5.41) is 1.91. The second-order valence-electron chi connectivity index (χ2n) is 5.66. The Morgan fingerprint density at radius 1 is 0.920 bits per heavy atom. The Hall–Kier alpha value is -2.50. The van der Waals surface area contributed by atoms with E-state index in [1.54, 1.807) is 18.5 Å². The first kappa shape index (κ1) is 17.3. The normalized spacial score (nSPS) is 10.6. The Morgan fingerprint density at radius 3 is 2.00 bits per heavy atom. The molecule has 0 saturated carbocycles. The van der Waals surface area contributed by atoms with Crippen molar-refractivity contribution in [2.24, 2.45) is 0 Å². The molecular formula is C20H18BrN3O. The van der Waals surface area contributed by atoms with Crippen molar-refractivity contribution < 1.29 is 4.79 Å². The Labute approximate surface area is 155 Å². The fourth-order valence-electron chi connectivity index (χ4n) is 2.49. The number of rotatable bonds is 6. The van der Waals surface area contributed by atoms with Crippen LogP contribution in [0.1, 0.15) is 21.5 Å². The van der Waals surface area contributed by atoms with Crippen molar-refractivity contribution in [3.63, 3.8) is 0 Å². The molecule has 0 aliphatic rings. The van der Waals surface area contributed by atoms with Crippen LogP contribution in [-0.4, -0.2) is 15.9 Å². The molecule has 0 spiro atoms. The Bertz CT molecular complexity index is 783. The van der Waals surface area contributed by atoms with Crippen LogP contribution in [0.4, 0.5) is 0 Å². The highest BCUT2D eigenvalue weighted by Gasteiger charge is 2.13. The van der Waals surface area contributed by atoms with Crippen molar-refractivity contribution in [2.45, 2.75) is 13.1 Å². The number of aromatic nitrogens is 1. The van der Waals surface area contributed by atoms with Crippen molar-refractivity contribution in [3.05, 3.63) is 100 Å². The van der Waals surface area contributed by atoms with E-state index in [4.69, 9.17) is 0 Å². The smallest absolute Gasteiger partial charge is 0.267 e. The number of pyridine rings is 1. The molecule has 0 aliphatic carbocycles. The van der Waals surface area contributed by atoms with E-state index >= 15 is 0 Å². The summed E-state index contributed by atoms with van der Waals surface area (Å²) < 4.78 is 0.776. The van der Waals surface area contributed by atoms with Crippen LogP contribution < -0.4 is 5.43 Å². The summed E-state index contributed by atoms with van der Waals surface area (Å²) in [6, 6.07) is 21.9. The second kappa shape index (κ2) is 8.55. The Balaban J connectivity index is 1.76. The lowest BCUT2D eigenvalue weighted by Crippen LogP contribution is -2.41. The summed E-state index contributed by atoms with van der Waals surface area (Å²) in [7, 11) is 0. The number of hydrogen-bond donors (Lipinski definition) is 1. The number of nitrogens with one attached hydrogen (secondary N) is 1. The first-order valence-corrected chi connectivity index (χ1v) is 8.74. The van der Waals surface area contributed by atoms with E-state index in [0.717, 1.165) is 15.6 Å². The number of nitrogens with zero attached hydrogens (tertiary/aromatic N) is 2. The summed E-state index contributed by atoms with van der Waals surface area (Å²) in [6.07, 6.45) is 3.21. The lowest BCUT2D eigenvalue weighted by molar-refractivity contribution is 0.0758. The minimum absolute atomic E-state index is 0.180. The number of amides is 1. The van der Waals surface area contributed by atoms with Gasteiger partial charge in [-0.05, 0) is 33.1 Å². The topological polar surface area (TPSA) is 45.2 Å². The highest BCUT2D eigenvalue weighted by atomic mass is 79.9. The van der Waals surface area contributed by atoms with Gasteiger partial charge in [0.05, 0.1) is 5.56 Å². The van der Waals surface area contributed by atoms with Gasteiger partial charge in [0.25, 0.3) is 5.91 Å². The van der Waals surface area contributed by atoms with Crippen molar-refractivity contribution >= 4 is 21.8 Å². The fraction of sp³-hybridized carbons (Fsp3) is 0.100. The van der Waals surface area contributed by atoms with Crippen LogP contribution in [0.25, 0.3) is 0 Å². The summed E-state index contributed by atoms with van der Waals surface area (Å²) in [5.74, 6) is -0.180. The van der Waals surface area contributed by atoms with Gasteiger partial charge in [0, 0.05) is 30.0 Å². The zero-order chi connectivity index (χ0) is 17.5. The number of carbonyl (C=O) groups excluding carboxylic acids is 1. The Kier molecular flexibility index (Phi) is 5.93. The van der Waals surface area contributed by atoms with E-state index in [0.29, 0.717) is 18.7 Å². The van der Waals surface area contributed by atoms with Crippen LogP contribution >= 0.6 is 15.9 Å². The van der Waals surface area contributed by atoms with Gasteiger partial charge in [-0.2, -0.15) is 0 Å². The molecule has 25 heavy (non-hydrogen) atoms. The maximum atomic E-state index is 12.6. The third-order valence-electron chi connectivity index (χ3n) is 3.66. The molecule has 0 unspecified atom stereocenters. The maximum Gasteiger partial charge on any atom is 0.267 e. The van der Waals surface area contributed by atoms with Gasteiger partial charge in [0.15, 0.2) is 0 Å². The first-order chi connectivity index (χ1) is 12.2. The molecule has 0 saturated heterocycles. The van der Waals surface area contributed by atoms with Gasteiger partial charge < -0.3 is 0 Å². The zero-order valence-electron chi connectivity index (χ0n) is 13.6. The molecule has 0 bridgehead atoms. The lowest BCUT2D eigenvalue weighted by Gasteiger charge is -2.23. The highest BCUT2D eigenvalue weighted by molar-refractivity contribution is 9.10. The predicted molar refractivity (Wildman–Crippen MR) is 102 cm³/mol. The second-order valence-corrected chi connectivity index (χ2v) is 6.58. The molecule has 0 atom stereocenters. The number of carbonyl (C=O) groups is 1. The summed E-state index contributed by atoms with van der Waals surface area (Å²) in [4.78, 5) is 16.6. The molecular weight excluding hydrogens is 378 g/mol. The SMILES string of the molecule is O=C(NN(Cc1ccccc1)Cc1ccccc1)c1cncc(Br)c1. The molecule has 0 radical (unpaired) electrons. The predicted octanol–water partition coefficient (Wildman–Crippen LogP) is 4.19. The van der Waals surface area contributed by atoms with Crippen molar-refractivity contribution in [1.29, 1.82) is 0 Å². The minimum atomic E-state index is -0.180. The van der Waals surface area contributed by atoms with Gasteiger partial charge >= 0.3 is 0 Å². The summed E-state index contributed by atoms with van der Waals surface area (Å²) in [5.41, 5.74) is 5.77. The average molecular weight is 396 g/mol. The van der Waals surface area contributed by atoms with E-state index in [9.17, 15) is 4.79 Å². The first-order valence-electron chi connectivity index (χ1n) is 7.95. The Morgan fingerprint density at radius 2 is 1.48 bits per heavy atom. The zero-order valence-corrected chi connectivity index (χ0v) is 15.2. The molecule has 1 amide bonds. The molecule has 0 fully saturated rings. The maximum absolute atomic E-state index is 12.6. The van der Waals surface area contributed by atoms with Crippen LogP contribution in [0.5, 0.6) is 0 Å². The molecule has 2 aromatic carbocycles. The molecule has 1 heterocycles. The van der Waals surface area contributed by atoms with Crippen molar-refractivity contribution in [2.75, 3.05) is 0 Å². The molecule has 1 aromatic heterocycles. The van der Waals surface area contributed by atoms with Crippen molar-refractivity contribution in [1.82, 2.24) is 15.4 Å². The number of halogens is 1. The lowest BCUT2D eigenvalue weighted by atomic mass is 10.2. The molecule has 3 rings (SSSR count). The van der Waals surface area contributed by atoms with Gasteiger partial charge in [-0.1, -0.05) is 60.7 Å². The van der Waals surface area contributed by atoms with E-state index < -0.39 is 0 Å². The fourth-order valence-corrected chi connectivity index (χ4v) is 2.85. The van der Waals surface area contributed by atoms with Gasteiger partial charge in [-0.15, -0.1) is 0 Å². The largest absolute Gasteiger partial charge is 0.284 e. The van der Waals surface area contributed by atoms with E-state index in [-0.39, 0.29) is 5.91 Å². The van der Waals surface area contributed by atoms with Crippen LogP contribution in [-0.2, 0) is 13.1 Å². The van der Waals surface area contributed by atoms with Gasteiger partial charge in [0.1, 0.15) is 0 Å². The highest BCUT2D eigenvalue weighted by Crippen LogP contribution is 2.11. The van der Waals surface area contributed by atoms with Crippen molar-refractivity contribution in [3.8, 4) is 0 Å². The third-order valence-corrected chi connectivity index (χ3v) is 4.09. The van der Waals surface area contributed by atoms with Crippen LogP contribution in [0.3, 0.4) is 0 Å². The van der Waals surface area contributed by atoms with E-state index in [2.05, 4.69) is 26.3 Å². The third kappa shape index (κ3) is 5.24. The molecule has 1 N–H and O–H groups in total. The molecule has 4 nitrogen and oxygen atoms in total. The monoisotopic (exact) mass is 395 g/mol. The van der Waals surface area contributed by atoms with Gasteiger partial charge in [0.2, 0.25) is 0 Å². The van der Waals surface area contributed by atoms with Gasteiger partial charge in [-0.25, -0.2) is 5.01 Å². The molecule has 5 heteroatoms. The van der Waals surface area contributed by atoms with E-state index in [1.165, 1.54) is 0 Å². The van der Waals surface area contributed by atoms with E-state index in [1.807, 2.05) is 65.7 Å². The molecule has 0 aliphatic heterocycles. The number of hydrazine groups is 1. The number of benzene rings is 2. The minimum Gasteiger partial charge on any atom is -0.284 e. The van der Waals surface area contributed by atoms with Crippen LogP contribution in [0.15, 0.2) is 83.6 Å². The molecule has 126 valence electrons. The summed E-state index contributed by atoms with van der Waals surface area (Å²) >= 11 is 3.35. The van der Waals surface area contributed by atoms with Crippen LogP contribution in [0.2, 0.25) is 0 Å². The number of hydrogen-bond acceptors (Lipinski definition) is 3. The molecule has 3 aromatic rings. The summed E-state index contributed by atoms with van der Waals surface area (Å²) in [6.45, 7) is 1.23. The standard InChI is InChI=1S/C20H18BrN3O/c21-19-11-18(12-22-13-19)20(25)23-24(14-16-7-3-1-4-8-16)15-17-9-5-2-6-10-17/h1-13H,14-15H2,(H,23,25).